The lowest BCUT2D eigenvalue weighted by molar-refractivity contribution is 0.414. The molecule has 3 rings (SSSR count). The number of methoxy groups -OCH3 is 1. The summed E-state index contributed by atoms with van der Waals surface area (Å²) in [7, 11) is 1.70. The minimum atomic E-state index is 0.336. The molecule has 0 aliphatic heterocycles. The average molecular weight is 281 g/mol. The van der Waals surface area contributed by atoms with E-state index in [1.54, 1.807) is 7.11 Å². The third-order valence-corrected chi connectivity index (χ3v) is 4.29. The van der Waals surface area contributed by atoms with Crippen LogP contribution < -0.4 is 10.1 Å². The van der Waals surface area contributed by atoms with Gasteiger partial charge in [-0.15, -0.1) is 0 Å². The minimum absolute atomic E-state index is 0.336. The maximum absolute atomic E-state index is 5.21. The average Bonchev–Trinajstić information content (AvgIpc) is 3.38. The maximum atomic E-state index is 5.21. The molecule has 1 aliphatic rings. The molecule has 21 heavy (non-hydrogen) atoms. The Hall–Kier alpha value is -1.80. The fourth-order valence-corrected chi connectivity index (χ4v) is 2.76. The summed E-state index contributed by atoms with van der Waals surface area (Å²) in [5, 5.41) is 3.63. The minimum Gasteiger partial charge on any atom is -0.497 e. The summed E-state index contributed by atoms with van der Waals surface area (Å²) in [5.74, 6) is 1.71. The van der Waals surface area contributed by atoms with Crippen molar-refractivity contribution in [1.29, 1.82) is 0 Å². The maximum Gasteiger partial charge on any atom is 0.118 e. The van der Waals surface area contributed by atoms with Crippen molar-refractivity contribution in [2.75, 3.05) is 7.11 Å². The summed E-state index contributed by atoms with van der Waals surface area (Å²) in [6.07, 6.45) is 2.70. The summed E-state index contributed by atoms with van der Waals surface area (Å²) in [5.41, 5.74) is 4.27. The molecule has 1 N–H and O–H groups in total. The van der Waals surface area contributed by atoms with Crippen molar-refractivity contribution in [2.24, 2.45) is 0 Å². The monoisotopic (exact) mass is 281 g/mol. The Morgan fingerprint density at radius 2 is 1.81 bits per heavy atom. The van der Waals surface area contributed by atoms with Crippen LogP contribution in [0.2, 0.25) is 0 Å². The van der Waals surface area contributed by atoms with Crippen molar-refractivity contribution < 1.29 is 4.74 Å². The van der Waals surface area contributed by atoms with E-state index in [9.17, 15) is 0 Å². The molecule has 1 aliphatic carbocycles. The number of nitrogens with one attached hydrogen (secondary N) is 1. The Labute approximate surface area is 127 Å². The van der Waals surface area contributed by atoms with E-state index in [4.69, 9.17) is 4.74 Å². The first-order chi connectivity index (χ1) is 10.3. The molecule has 2 heteroatoms. The highest BCUT2D eigenvalue weighted by Crippen LogP contribution is 2.41. The SMILES string of the molecule is COc1ccc([C@@H](C)NCc2ccccc2C2CC2)cc1. The predicted octanol–water partition coefficient (Wildman–Crippen LogP) is 4.42. The zero-order chi connectivity index (χ0) is 14.7. The van der Waals surface area contributed by atoms with Gasteiger partial charge in [0.1, 0.15) is 5.75 Å². The molecule has 2 aromatic rings. The van der Waals surface area contributed by atoms with E-state index in [0.717, 1.165) is 18.2 Å². The van der Waals surface area contributed by atoms with Gasteiger partial charge in [-0.3, -0.25) is 0 Å². The van der Waals surface area contributed by atoms with Gasteiger partial charge >= 0.3 is 0 Å². The van der Waals surface area contributed by atoms with Gasteiger partial charge in [-0.2, -0.15) is 0 Å². The first-order valence-electron chi connectivity index (χ1n) is 7.73. The van der Waals surface area contributed by atoms with Crippen LogP contribution in [0.5, 0.6) is 5.75 Å². The molecule has 1 atom stereocenters. The van der Waals surface area contributed by atoms with Gasteiger partial charge in [-0.05, 0) is 54.5 Å². The lowest BCUT2D eigenvalue weighted by Gasteiger charge is -2.16. The lowest BCUT2D eigenvalue weighted by Crippen LogP contribution is -2.18. The predicted molar refractivity (Wildman–Crippen MR) is 86.7 cm³/mol. The second kappa shape index (κ2) is 6.31. The van der Waals surface area contributed by atoms with Crippen molar-refractivity contribution in [2.45, 2.75) is 38.3 Å². The van der Waals surface area contributed by atoms with Gasteiger partial charge in [0.25, 0.3) is 0 Å². The van der Waals surface area contributed by atoms with Crippen LogP contribution in [-0.4, -0.2) is 7.11 Å². The first-order valence-corrected chi connectivity index (χ1v) is 7.73. The topological polar surface area (TPSA) is 21.3 Å². The number of hydrogen-bond acceptors (Lipinski definition) is 2. The molecule has 0 amide bonds. The third kappa shape index (κ3) is 3.45. The summed E-state index contributed by atoms with van der Waals surface area (Å²) in [6.45, 7) is 3.14. The van der Waals surface area contributed by atoms with Gasteiger partial charge in [-0.1, -0.05) is 36.4 Å². The van der Waals surface area contributed by atoms with Crippen LogP contribution in [0, 0.1) is 0 Å². The van der Waals surface area contributed by atoms with Crippen molar-refractivity contribution in [3.63, 3.8) is 0 Å². The molecule has 0 radical (unpaired) electrons. The Morgan fingerprint density at radius 3 is 2.48 bits per heavy atom. The molecule has 0 spiro atoms. The number of rotatable bonds is 6. The molecular formula is C19H23NO. The van der Waals surface area contributed by atoms with Crippen LogP contribution in [0.4, 0.5) is 0 Å². The molecule has 0 bridgehead atoms. The van der Waals surface area contributed by atoms with Crippen LogP contribution in [0.25, 0.3) is 0 Å². The zero-order valence-electron chi connectivity index (χ0n) is 12.8. The highest BCUT2D eigenvalue weighted by atomic mass is 16.5. The summed E-state index contributed by atoms with van der Waals surface area (Å²) < 4.78 is 5.21. The molecular weight excluding hydrogens is 258 g/mol. The normalized spacial score (nSPS) is 15.7. The van der Waals surface area contributed by atoms with Crippen LogP contribution >= 0.6 is 0 Å². The fourth-order valence-electron chi connectivity index (χ4n) is 2.76. The van der Waals surface area contributed by atoms with E-state index < -0.39 is 0 Å². The van der Waals surface area contributed by atoms with Crippen LogP contribution in [0.3, 0.4) is 0 Å². The number of hydrogen-bond donors (Lipinski definition) is 1. The van der Waals surface area contributed by atoms with E-state index in [1.807, 2.05) is 12.1 Å². The second-order valence-electron chi connectivity index (χ2n) is 5.85. The van der Waals surface area contributed by atoms with E-state index in [2.05, 4.69) is 48.6 Å². The molecule has 110 valence electrons. The quantitative estimate of drug-likeness (QED) is 0.846. The highest BCUT2D eigenvalue weighted by molar-refractivity contribution is 5.33. The van der Waals surface area contributed by atoms with Gasteiger partial charge in [-0.25, -0.2) is 0 Å². The Bertz CT molecular complexity index is 587. The van der Waals surface area contributed by atoms with Gasteiger partial charge in [0, 0.05) is 12.6 Å². The van der Waals surface area contributed by atoms with Gasteiger partial charge in [0.2, 0.25) is 0 Å². The molecule has 1 fully saturated rings. The van der Waals surface area contributed by atoms with Crippen molar-refractivity contribution >= 4 is 0 Å². The Kier molecular flexibility index (Phi) is 4.26. The third-order valence-electron chi connectivity index (χ3n) is 4.29. The summed E-state index contributed by atoms with van der Waals surface area (Å²) >= 11 is 0. The van der Waals surface area contributed by atoms with Crippen molar-refractivity contribution in [3.8, 4) is 5.75 Å². The van der Waals surface area contributed by atoms with Gasteiger partial charge in [0.15, 0.2) is 0 Å². The van der Waals surface area contributed by atoms with Gasteiger partial charge < -0.3 is 10.1 Å². The van der Waals surface area contributed by atoms with E-state index in [1.165, 1.54) is 29.5 Å². The molecule has 2 aromatic carbocycles. The van der Waals surface area contributed by atoms with Crippen LogP contribution in [0.1, 0.15) is 48.4 Å². The van der Waals surface area contributed by atoms with E-state index >= 15 is 0 Å². The number of benzene rings is 2. The van der Waals surface area contributed by atoms with Gasteiger partial charge in [0.05, 0.1) is 7.11 Å². The number of ether oxygens (including phenoxy) is 1. The molecule has 0 saturated heterocycles. The van der Waals surface area contributed by atoms with Crippen molar-refractivity contribution in [1.82, 2.24) is 5.32 Å². The largest absolute Gasteiger partial charge is 0.497 e. The van der Waals surface area contributed by atoms with Crippen LogP contribution in [0.15, 0.2) is 48.5 Å². The van der Waals surface area contributed by atoms with Crippen LogP contribution in [-0.2, 0) is 6.54 Å². The molecule has 1 saturated carbocycles. The molecule has 0 aromatic heterocycles. The second-order valence-corrected chi connectivity index (χ2v) is 5.85. The summed E-state index contributed by atoms with van der Waals surface area (Å²) in [4.78, 5) is 0. The van der Waals surface area contributed by atoms with E-state index in [-0.39, 0.29) is 0 Å². The molecule has 0 unspecified atom stereocenters. The first kappa shape index (κ1) is 14.2. The van der Waals surface area contributed by atoms with Crippen molar-refractivity contribution in [3.05, 3.63) is 65.2 Å². The molecule has 0 heterocycles. The molecule has 2 nitrogen and oxygen atoms in total. The van der Waals surface area contributed by atoms with E-state index in [0.29, 0.717) is 6.04 Å². The Morgan fingerprint density at radius 1 is 1.10 bits per heavy atom. The smallest absolute Gasteiger partial charge is 0.118 e. The highest BCUT2D eigenvalue weighted by Gasteiger charge is 2.25. The fraction of sp³-hybridized carbons (Fsp3) is 0.368. The Balaban J connectivity index is 1.64. The summed E-state index contributed by atoms with van der Waals surface area (Å²) in [6, 6.07) is 17.5. The lowest BCUT2D eigenvalue weighted by atomic mass is 10.0. The standard InChI is InChI=1S/C19H23NO/c1-14(15-9-11-18(21-2)12-10-15)20-13-17-5-3-4-6-19(17)16-7-8-16/h3-6,9-12,14,16,20H,7-8,13H2,1-2H3/t14-/m1/s1. The zero-order valence-corrected chi connectivity index (χ0v) is 12.8.